The van der Waals surface area contributed by atoms with Crippen molar-refractivity contribution in [2.45, 2.75) is 13.3 Å². The Balaban J connectivity index is 1.77. The van der Waals surface area contributed by atoms with Crippen molar-refractivity contribution in [2.24, 2.45) is 5.11 Å². The van der Waals surface area contributed by atoms with Gasteiger partial charge in [-0.3, -0.25) is 4.90 Å². The van der Waals surface area contributed by atoms with Gasteiger partial charge in [0.2, 0.25) is 0 Å². The number of hydrogen-bond donors (Lipinski definition) is 0. The Labute approximate surface area is 114 Å². The molecule has 0 unspecified atom stereocenters. The molecule has 19 heavy (non-hydrogen) atoms. The molecule has 1 heterocycles. The second-order valence-electron chi connectivity index (χ2n) is 4.98. The van der Waals surface area contributed by atoms with Crippen LogP contribution in [-0.2, 0) is 0 Å². The highest BCUT2D eigenvalue weighted by molar-refractivity contribution is 5.48. The third kappa shape index (κ3) is 4.16. The van der Waals surface area contributed by atoms with Crippen LogP contribution in [0.25, 0.3) is 10.4 Å². The van der Waals surface area contributed by atoms with Crippen molar-refractivity contribution in [3.63, 3.8) is 0 Å². The zero-order chi connectivity index (χ0) is 13.5. The van der Waals surface area contributed by atoms with Gasteiger partial charge in [-0.2, -0.15) is 0 Å². The maximum atomic E-state index is 8.22. The highest BCUT2D eigenvalue weighted by atomic mass is 15.3. The summed E-state index contributed by atoms with van der Waals surface area (Å²) in [5.41, 5.74) is 10.9. The first kappa shape index (κ1) is 13.7. The Morgan fingerprint density at radius 3 is 2.74 bits per heavy atom. The molecule has 5 heteroatoms. The van der Waals surface area contributed by atoms with Crippen LogP contribution in [0.3, 0.4) is 0 Å². The van der Waals surface area contributed by atoms with Crippen LogP contribution in [0.1, 0.15) is 12.0 Å². The van der Waals surface area contributed by atoms with Crippen LogP contribution in [-0.4, -0.2) is 44.2 Å². The van der Waals surface area contributed by atoms with Gasteiger partial charge in [0.05, 0.1) is 0 Å². The number of aryl methyl sites for hydroxylation is 1. The summed E-state index contributed by atoms with van der Waals surface area (Å²) in [6, 6.07) is 8.69. The summed E-state index contributed by atoms with van der Waals surface area (Å²) < 4.78 is 0. The van der Waals surface area contributed by atoms with Gasteiger partial charge >= 0.3 is 0 Å². The number of piperazine rings is 1. The van der Waals surface area contributed by atoms with E-state index in [0.29, 0.717) is 6.54 Å². The van der Waals surface area contributed by atoms with Gasteiger partial charge in [0.15, 0.2) is 0 Å². The number of rotatable bonds is 5. The fraction of sp³-hybridized carbons (Fsp3) is 0.571. The molecule has 0 saturated carbocycles. The van der Waals surface area contributed by atoms with Crippen molar-refractivity contribution in [3.8, 4) is 0 Å². The van der Waals surface area contributed by atoms with Gasteiger partial charge in [0, 0.05) is 43.3 Å². The van der Waals surface area contributed by atoms with Crippen LogP contribution in [0.2, 0.25) is 0 Å². The lowest BCUT2D eigenvalue weighted by Gasteiger charge is -2.36. The molecule has 1 saturated heterocycles. The van der Waals surface area contributed by atoms with Gasteiger partial charge in [-0.15, -0.1) is 0 Å². The van der Waals surface area contributed by atoms with E-state index in [4.69, 9.17) is 5.53 Å². The van der Waals surface area contributed by atoms with E-state index in [9.17, 15) is 0 Å². The Morgan fingerprint density at radius 1 is 1.26 bits per heavy atom. The molecule has 0 atom stereocenters. The number of benzene rings is 1. The third-order valence-electron chi connectivity index (χ3n) is 3.53. The second-order valence-corrected chi connectivity index (χ2v) is 4.98. The molecule has 1 aliphatic heterocycles. The predicted molar refractivity (Wildman–Crippen MR) is 78.5 cm³/mol. The predicted octanol–water partition coefficient (Wildman–Crippen LogP) is 2.82. The molecule has 2 rings (SSSR count). The molecule has 1 aliphatic rings. The molecule has 1 aromatic rings. The molecule has 0 bridgehead atoms. The van der Waals surface area contributed by atoms with E-state index in [2.05, 4.69) is 51.0 Å². The maximum Gasteiger partial charge on any atom is 0.0369 e. The van der Waals surface area contributed by atoms with Crippen LogP contribution in [0.5, 0.6) is 0 Å². The van der Waals surface area contributed by atoms with Crippen LogP contribution in [0, 0.1) is 6.92 Å². The average molecular weight is 259 g/mol. The lowest BCUT2D eigenvalue weighted by molar-refractivity contribution is 0.256. The fourth-order valence-electron chi connectivity index (χ4n) is 2.46. The summed E-state index contributed by atoms with van der Waals surface area (Å²) in [7, 11) is 0. The van der Waals surface area contributed by atoms with Crippen LogP contribution in [0.15, 0.2) is 29.4 Å². The fourth-order valence-corrected chi connectivity index (χ4v) is 2.46. The highest BCUT2D eigenvalue weighted by Gasteiger charge is 2.16. The van der Waals surface area contributed by atoms with Gasteiger partial charge in [0.25, 0.3) is 0 Å². The Morgan fingerprint density at radius 2 is 2.05 bits per heavy atom. The number of azide groups is 1. The first-order valence-corrected chi connectivity index (χ1v) is 6.84. The van der Waals surface area contributed by atoms with Crippen molar-refractivity contribution >= 4 is 5.69 Å². The van der Waals surface area contributed by atoms with E-state index in [1.165, 1.54) is 11.3 Å². The largest absolute Gasteiger partial charge is 0.369 e. The Kier molecular flexibility index (Phi) is 5.07. The van der Waals surface area contributed by atoms with Gasteiger partial charge < -0.3 is 4.90 Å². The molecule has 0 spiro atoms. The minimum Gasteiger partial charge on any atom is -0.369 e. The normalized spacial score (nSPS) is 16.2. The van der Waals surface area contributed by atoms with Gasteiger partial charge in [-0.25, -0.2) is 0 Å². The molecule has 0 radical (unpaired) electrons. The molecular weight excluding hydrogens is 238 g/mol. The second kappa shape index (κ2) is 7.02. The SMILES string of the molecule is Cc1cccc(N2CCN(CCCN=[N+]=[N-])CC2)c1. The standard InChI is InChI=1S/C14H21N5/c1-13-4-2-5-14(12-13)19-10-8-18(9-11-19)7-3-6-16-17-15/h2,4-5,12H,3,6-11H2,1H3. The highest BCUT2D eigenvalue weighted by Crippen LogP contribution is 2.17. The molecular formula is C14H21N5. The summed E-state index contributed by atoms with van der Waals surface area (Å²) in [4.78, 5) is 7.66. The first-order valence-electron chi connectivity index (χ1n) is 6.84. The molecule has 0 amide bonds. The molecule has 0 aromatic heterocycles. The molecule has 1 aromatic carbocycles. The van der Waals surface area contributed by atoms with Crippen LogP contribution >= 0.6 is 0 Å². The van der Waals surface area contributed by atoms with E-state index in [1.807, 2.05) is 0 Å². The smallest absolute Gasteiger partial charge is 0.0369 e. The molecule has 0 N–H and O–H groups in total. The van der Waals surface area contributed by atoms with Gasteiger partial charge in [-0.05, 0) is 43.1 Å². The average Bonchev–Trinajstić information content (AvgIpc) is 2.44. The van der Waals surface area contributed by atoms with Crippen molar-refractivity contribution < 1.29 is 0 Å². The van der Waals surface area contributed by atoms with Crippen molar-refractivity contribution in [1.29, 1.82) is 0 Å². The van der Waals surface area contributed by atoms with Crippen LogP contribution < -0.4 is 4.90 Å². The van der Waals surface area contributed by atoms with Gasteiger partial charge in [0.1, 0.15) is 0 Å². The monoisotopic (exact) mass is 259 g/mol. The van der Waals surface area contributed by atoms with E-state index in [0.717, 1.165) is 39.1 Å². The maximum absolute atomic E-state index is 8.22. The molecule has 5 nitrogen and oxygen atoms in total. The van der Waals surface area contributed by atoms with Crippen molar-refractivity contribution in [1.82, 2.24) is 4.90 Å². The van der Waals surface area contributed by atoms with E-state index in [-0.39, 0.29) is 0 Å². The zero-order valence-corrected chi connectivity index (χ0v) is 11.5. The molecule has 0 aliphatic carbocycles. The summed E-state index contributed by atoms with van der Waals surface area (Å²) in [6.45, 7) is 8.09. The summed E-state index contributed by atoms with van der Waals surface area (Å²) in [6.07, 6.45) is 0.953. The quantitative estimate of drug-likeness (QED) is 0.353. The topological polar surface area (TPSA) is 55.2 Å². The van der Waals surface area contributed by atoms with E-state index >= 15 is 0 Å². The Hall–Kier alpha value is -1.71. The van der Waals surface area contributed by atoms with E-state index < -0.39 is 0 Å². The number of hydrogen-bond acceptors (Lipinski definition) is 3. The van der Waals surface area contributed by atoms with Crippen molar-refractivity contribution in [2.75, 3.05) is 44.2 Å². The minimum absolute atomic E-state index is 0.606. The van der Waals surface area contributed by atoms with E-state index in [1.54, 1.807) is 0 Å². The minimum atomic E-state index is 0.606. The van der Waals surface area contributed by atoms with Crippen molar-refractivity contribution in [3.05, 3.63) is 40.3 Å². The molecule has 102 valence electrons. The summed E-state index contributed by atoms with van der Waals surface area (Å²) in [5.74, 6) is 0. The zero-order valence-electron chi connectivity index (χ0n) is 11.5. The Bertz CT molecular complexity index is 445. The lowest BCUT2D eigenvalue weighted by atomic mass is 10.2. The van der Waals surface area contributed by atoms with Crippen LogP contribution in [0.4, 0.5) is 5.69 Å². The number of anilines is 1. The lowest BCUT2D eigenvalue weighted by Crippen LogP contribution is -2.46. The number of nitrogens with zero attached hydrogens (tertiary/aromatic N) is 5. The molecule has 1 fully saturated rings. The third-order valence-corrected chi connectivity index (χ3v) is 3.53. The summed E-state index contributed by atoms with van der Waals surface area (Å²) >= 11 is 0. The first-order chi connectivity index (χ1) is 9.29. The summed E-state index contributed by atoms with van der Waals surface area (Å²) in [5, 5.41) is 3.57. The van der Waals surface area contributed by atoms with Gasteiger partial charge in [-0.1, -0.05) is 17.2 Å².